The van der Waals surface area contributed by atoms with Gasteiger partial charge >= 0.3 is 5.97 Å². The minimum atomic E-state index is -0.374. The van der Waals surface area contributed by atoms with Gasteiger partial charge in [-0.25, -0.2) is 0 Å². The second-order valence-electron chi connectivity index (χ2n) is 3.26. The highest BCUT2D eigenvalue weighted by Gasteiger charge is 2.15. The number of benzene rings is 1. The molecule has 0 spiro atoms. The van der Waals surface area contributed by atoms with Crippen LogP contribution >= 0.6 is 0 Å². The molecule has 0 aliphatic rings. The first-order valence-electron chi connectivity index (χ1n) is 4.74. The molecule has 1 unspecified atom stereocenters. The first-order valence-corrected chi connectivity index (χ1v) is 4.74. The molecule has 2 nitrogen and oxygen atoms in total. The molecule has 1 aromatic rings. The normalized spacial score (nSPS) is 11.3. The van der Waals surface area contributed by atoms with Gasteiger partial charge in [0.15, 0.2) is 6.10 Å². The maximum Gasteiger partial charge on any atom is 0.303 e. The number of carbonyl (C=O) groups excluding carboxylic acids is 1. The summed E-state index contributed by atoms with van der Waals surface area (Å²) in [5.74, 6) is -0.307. The SMILES string of the molecule is C=C=C(C)C(OC(C)=O)c1ccccc1. The summed E-state index contributed by atoms with van der Waals surface area (Å²) < 4.78 is 5.21. The van der Waals surface area contributed by atoms with E-state index in [0.717, 1.165) is 11.1 Å². The van der Waals surface area contributed by atoms with Crippen LogP contribution in [0.15, 0.2) is 48.2 Å². The molecule has 0 radical (unpaired) electrons. The maximum atomic E-state index is 11.0. The van der Waals surface area contributed by atoms with E-state index in [1.807, 2.05) is 37.3 Å². The summed E-state index contributed by atoms with van der Waals surface area (Å²) in [4.78, 5) is 11.0. The lowest BCUT2D eigenvalue weighted by atomic mass is 10.0. The Morgan fingerprint density at radius 1 is 1.33 bits per heavy atom. The lowest BCUT2D eigenvalue weighted by Gasteiger charge is -2.16. The van der Waals surface area contributed by atoms with Gasteiger partial charge in [-0.1, -0.05) is 36.9 Å². The number of hydrogen-bond acceptors (Lipinski definition) is 2. The quantitative estimate of drug-likeness (QED) is 0.556. The highest BCUT2D eigenvalue weighted by molar-refractivity contribution is 5.66. The lowest BCUT2D eigenvalue weighted by molar-refractivity contribution is -0.144. The summed E-state index contributed by atoms with van der Waals surface area (Å²) in [5.41, 5.74) is 4.49. The summed E-state index contributed by atoms with van der Waals surface area (Å²) >= 11 is 0. The summed E-state index contributed by atoms with van der Waals surface area (Å²) in [7, 11) is 0. The third kappa shape index (κ3) is 3.12. The fourth-order valence-electron chi connectivity index (χ4n) is 1.29. The lowest BCUT2D eigenvalue weighted by Crippen LogP contribution is -2.09. The van der Waals surface area contributed by atoms with Gasteiger partial charge in [0.2, 0.25) is 0 Å². The van der Waals surface area contributed by atoms with E-state index >= 15 is 0 Å². The fraction of sp³-hybridized carbons (Fsp3) is 0.231. The Bertz CT molecular complexity index is 386. The number of carbonyl (C=O) groups is 1. The second kappa shape index (κ2) is 5.18. The molecule has 0 saturated carbocycles. The van der Waals surface area contributed by atoms with Crippen LogP contribution in [0, 0.1) is 0 Å². The van der Waals surface area contributed by atoms with Crippen LogP contribution in [-0.4, -0.2) is 5.97 Å². The second-order valence-corrected chi connectivity index (χ2v) is 3.26. The van der Waals surface area contributed by atoms with Crippen LogP contribution in [-0.2, 0) is 9.53 Å². The Hall–Kier alpha value is -1.79. The van der Waals surface area contributed by atoms with Crippen molar-refractivity contribution >= 4 is 5.97 Å². The van der Waals surface area contributed by atoms with Crippen LogP contribution in [0.25, 0.3) is 0 Å². The zero-order valence-electron chi connectivity index (χ0n) is 8.99. The molecule has 0 amide bonds. The molecule has 2 heteroatoms. The molecule has 0 saturated heterocycles. The molecular formula is C13H14O2. The van der Waals surface area contributed by atoms with Gasteiger partial charge in [-0.3, -0.25) is 4.79 Å². The van der Waals surface area contributed by atoms with Gasteiger partial charge in [0.1, 0.15) is 0 Å². The van der Waals surface area contributed by atoms with Crippen molar-refractivity contribution in [3.8, 4) is 0 Å². The minimum absolute atomic E-state index is 0.307. The predicted octanol–water partition coefficient (Wildman–Crippen LogP) is 3.02. The Morgan fingerprint density at radius 3 is 2.40 bits per heavy atom. The Morgan fingerprint density at radius 2 is 1.93 bits per heavy atom. The van der Waals surface area contributed by atoms with Crippen LogP contribution < -0.4 is 0 Å². The van der Waals surface area contributed by atoms with E-state index in [1.54, 1.807) is 0 Å². The third-order valence-corrected chi connectivity index (χ3v) is 2.06. The van der Waals surface area contributed by atoms with Crippen LogP contribution in [0.3, 0.4) is 0 Å². The van der Waals surface area contributed by atoms with E-state index in [4.69, 9.17) is 4.74 Å². The Labute approximate surface area is 89.9 Å². The molecule has 0 aliphatic carbocycles. The van der Waals surface area contributed by atoms with Crippen molar-refractivity contribution in [2.24, 2.45) is 0 Å². The van der Waals surface area contributed by atoms with E-state index in [1.165, 1.54) is 6.92 Å². The largest absolute Gasteiger partial charge is 0.452 e. The van der Waals surface area contributed by atoms with Crippen molar-refractivity contribution in [3.63, 3.8) is 0 Å². The number of hydrogen-bond donors (Lipinski definition) is 0. The van der Waals surface area contributed by atoms with Crippen LogP contribution in [0.2, 0.25) is 0 Å². The van der Waals surface area contributed by atoms with Crippen molar-refractivity contribution in [1.82, 2.24) is 0 Å². The van der Waals surface area contributed by atoms with Crippen molar-refractivity contribution < 1.29 is 9.53 Å². The van der Waals surface area contributed by atoms with Crippen molar-refractivity contribution in [3.05, 3.63) is 53.8 Å². The zero-order valence-corrected chi connectivity index (χ0v) is 8.99. The average molecular weight is 202 g/mol. The monoisotopic (exact) mass is 202 g/mol. The molecule has 0 fully saturated rings. The van der Waals surface area contributed by atoms with Crippen molar-refractivity contribution in [2.45, 2.75) is 20.0 Å². The van der Waals surface area contributed by atoms with Gasteiger partial charge in [-0.05, 0) is 12.5 Å². The Balaban J connectivity index is 3.01. The molecular weight excluding hydrogens is 188 g/mol. The van der Waals surface area contributed by atoms with Crippen LogP contribution in [0.5, 0.6) is 0 Å². The van der Waals surface area contributed by atoms with Gasteiger partial charge in [0, 0.05) is 12.5 Å². The zero-order chi connectivity index (χ0) is 11.3. The highest BCUT2D eigenvalue weighted by Crippen LogP contribution is 2.24. The summed E-state index contributed by atoms with van der Waals surface area (Å²) in [6.07, 6.45) is -0.374. The van der Waals surface area contributed by atoms with E-state index in [0.29, 0.717) is 0 Å². The first kappa shape index (κ1) is 11.3. The van der Waals surface area contributed by atoms with Gasteiger partial charge in [-0.15, -0.1) is 5.73 Å². The van der Waals surface area contributed by atoms with Crippen molar-refractivity contribution in [1.29, 1.82) is 0 Å². The number of ether oxygens (including phenoxy) is 1. The van der Waals surface area contributed by atoms with Gasteiger partial charge < -0.3 is 4.74 Å². The topological polar surface area (TPSA) is 26.3 Å². The third-order valence-electron chi connectivity index (χ3n) is 2.06. The Kier molecular flexibility index (Phi) is 3.90. The predicted molar refractivity (Wildman–Crippen MR) is 59.3 cm³/mol. The molecule has 78 valence electrons. The molecule has 1 aromatic carbocycles. The fourth-order valence-corrected chi connectivity index (χ4v) is 1.29. The smallest absolute Gasteiger partial charge is 0.303 e. The molecule has 1 rings (SSSR count). The molecule has 0 aromatic heterocycles. The average Bonchev–Trinajstić information content (AvgIpc) is 2.26. The molecule has 0 aliphatic heterocycles. The van der Waals surface area contributed by atoms with Gasteiger partial charge in [-0.2, -0.15) is 0 Å². The van der Waals surface area contributed by atoms with Gasteiger partial charge in [0.05, 0.1) is 0 Å². The van der Waals surface area contributed by atoms with E-state index < -0.39 is 0 Å². The minimum Gasteiger partial charge on any atom is -0.452 e. The number of rotatable bonds is 3. The van der Waals surface area contributed by atoms with E-state index in [-0.39, 0.29) is 12.1 Å². The van der Waals surface area contributed by atoms with E-state index in [9.17, 15) is 4.79 Å². The molecule has 1 atom stereocenters. The first-order chi connectivity index (χ1) is 7.15. The van der Waals surface area contributed by atoms with Crippen LogP contribution in [0.4, 0.5) is 0 Å². The maximum absolute atomic E-state index is 11.0. The van der Waals surface area contributed by atoms with E-state index in [2.05, 4.69) is 12.3 Å². The molecule has 15 heavy (non-hydrogen) atoms. The standard InChI is InChI=1S/C13H14O2/c1-4-10(2)13(15-11(3)14)12-8-6-5-7-9-12/h5-9,13H,1H2,2-3H3. The summed E-state index contributed by atoms with van der Waals surface area (Å²) in [5, 5.41) is 0. The van der Waals surface area contributed by atoms with Gasteiger partial charge in [0.25, 0.3) is 0 Å². The summed E-state index contributed by atoms with van der Waals surface area (Å²) in [6.45, 7) is 6.80. The molecule has 0 N–H and O–H groups in total. The molecule has 0 bridgehead atoms. The number of esters is 1. The highest BCUT2D eigenvalue weighted by atomic mass is 16.5. The van der Waals surface area contributed by atoms with Crippen molar-refractivity contribution in [2.75, 3.05) is 0 Å². The summed E-state index contributed by atoms with van der Waals surface area (Å²) in [6, 6.07) is 9.55. The van der Waals surface area contributed by atoms with Crippen LogP contribution in [0.1, 0.15) is 25.5 Å². The molecule has 0 heterocycles.